The minimum Gasteiger partial charge on any atom is -0.387 e. The molecule has 126 valence electrons. The molecule has 2 rings (SSSR count). The standard InChI is InChI=1S/C16H23ClFNO2.ClH/c1-11(8-12-13(17)4-3-5-14(12)18)9-16(2,20)15-10-19-6-7-21-15;/h3-5,11,15,19-20H,6-10H2,1-2H3;1H. The summed E-state index contributed by atoms with van der Waals surface area (Å²) in [5.41, 5.74) is -0.421. The number of ether oxygens (including phenoxy) is 1. The van der Waals surface area contributed by atoms with Gasteiger partial charge in [0.1, 0.15) is 5.82 Å². The molecule has 0 bridgehead atoms. The van der Waals surface area contributed by atoms with Gasteiger partial charge in [0, 0.05) is 23.7 Å². The van der Waals surface area contributed by atoms with Gasteiger partial charge in [0.15, 0.2) is 0 Å². The van der Waals surface area contributed by atoms with Gasteiger partial charge in [0.2, 0.25) is 0 Å². The first-order valence-corrected chi connectivity index (χ1v) is 7.75. The van der Waals surface area contributed by atoms with Crippen molar-refractivity contribution in [3.8, 4) is 0 Å². The van der Waals surface area contributed by atoms with E-state index in [1.165, 1.54) is 6.07 Å². The van der Waals surface area contributed by atoms with Gasteiger partial charge in [-0.2, -0.15) is 0 Å². The lowest BCUT2D eigenvalue weighted by molar-refractivity contribution is -0.118. The third-order valence-electron chi connectivity index (χ3n) is 4.00. The molecule has 0 saturated carbocycles. The van der Waals surface area contributed by atoms with Crippen LogP contribution in [0.3, 0.4) is 0 Å². The molecule has 0 aromatic heterocycles. The Balaban J connectivity index is 0.00000242. The van der Waals surface area contributed by atoms with Crippen molar-refractivity contribution in [1.29, 1.82) is 0 Å². The SMILES string of the molecule is CC(Cc1c(F)cccc1Cl)CC(C)(O)C1CNCCO1.Cl. The molecule has 1 heterocycles. The summed E-state index contributed by atoms with van der Waals surface area (Å²) in [4.78, 5) is 0. The van der Waals surface area contributed by atoms with Gasteiger partial charge >= 0.3 is 0 Å². The van der Waals surface area contributed by atoms with Crippen molar-refractivity contribution in [1.82, 2.24) is 5.32 Å². The van der Waals surface area contributed by atoms with E-state index in [0.29, 0.717) is 36.6 Å². The second kappa shape index (κ2) is 8.46. The molecule has 22 heavy (non-hydrogen) atoms. The molecule has 1 saturated heterocycles. The lowest BCUT2D eigenvalue weighted by atomic mass is 9.85. The molecule has 1 aromatic carbocycles. The van der Waals surface area contributed by atoms with E-state index in [1.807, 2.05) is 6.92 Å². The van der Waals surface area contributed by atoms with Crippen LogP contribution >= 0.6 is 24.0 Å². The molecule has 1 aliphatic heterocycles. The molecule has 2 N–H and O–H groups in total. The van der Waals surface area contributed by atoms with Crippen molar-refractivity contribution < 1.29 is 14.2 Å². The predicted octanol–water partition coefficient (Wildman–Crippen LogP) is 3.21. The van der Waals surface area contributed by atoms with Crippen molar-refractivity contribution in [2.24, 2.45) is 5.92 Å². The molecule has 3 unspecified atom stereocenters. The van der Waals surface area contributed by atoms with Crippen molar-refractivity contribution in [3.05, 3.63) is 34.6 Å². The topological polar surface area (TPSA) is 41.5 Å². The minimum atomic E-state index is -0.940. The van der Waals surface area contributed by atoms with Crippen LogP contribution in [0.4, 0.5) is 4.39 Å². The summed E-state index contributed by atoms with van der Waals surface area (Å²) < 4.78 is 19.4. The zero-order valence-electron chi connectivity index (χ0n) is 12.9. The number of nitrogens with one attached hydrogen (secondary N) is 1. The summed E-state index contributed by atoms with van der Waals surface area (Å²) in [6.45, 7) is 5.83. The maximum Gasteiger partial charge on any atom is 0.127 e. The van der Waals surface area contributed by atoms with E-state index in [0.717, 1.165) is 6.54 Å². The Kier molecular flexibility index (Phi) is 7.56. The van der Waals surface area contributed by atoms with Crippen molar-refractivity contribution >= 4 is 24.0 Å². The van der Waals surface area contributed by atoms with Gasteiger partial charge in [-0.15, -0.1) is 12.4 Å². The van der Waals surface area contributed by atoms with Crippen LogP contribution in [0.2, 0.25) is 5.02 Å². The summed E-state index contributed by atoms with van der Waals surface area (Å²) in [6, 6.07) is 4.71. The normalized spacial score (nSPS) is 22.5. The smallest absolute Gasteiger partial charge is 0.127 e. The average Bonchev–Trinajstić information content (AvgIpc) is 2.43. The highest BCUT2D eigenvalue weighted by molar-refractivity contribution is 6.31. The maximum absolute atomic E-state index is 13.8. The van der Waals surface area contributed by atoms with E-state index in [9.17, 15) is 9.50 Å². The maximum atomic E-state index is 13.8. The molecular weight excluding hydrogens is 328 g/mol. The Morgan fingerprint density at radius 1 is 1.55 bits per heavy atom. The van der Waals surface area contributed by atoms with Crippen molar-refractivity contribution in [2.75, 3.05) is 19.7 Å². The average molecular weight is 352 g/mol. The summed E-state index contributed by atoms with van der Waals surface area (Å²) in [7, 11) is 0. The van der Waals surface area contributed by atoms with Crippen molar-refractivity contribution in [2.45, 2.75) is 38.4 Å². The quantitative estimate of drug-likeness (QED) is 0.855. The van der Waals surface area contributed by atoms with E-state index < -0.39 is 5.60 Å². The Labute approximate surface area is 142 Å². The minimum absolute atomic E-state index is 0. The molecule has 1 fully saturated rings. The van der Waals surface area contributed by atoms with Gasteiger partial charge in [0.05, 0.1) is 18.3 Å². The Hall–Kier alpha value is -0.390. The van der Waals surface area contributed by atoms with Gasteiger partial charge < -0.3 is 15.2 Å². The molecule has 0 amide bonds. The number of benzene rings is 1. The number of halogens is 3. The van der Waals surface area contributed by atoms with Crippen LogP contribution in [0.5, 0.6) is 0 Å². The second-order valence-corrected chi connectivity index (χ2v) is 6.54. The van der Waals surface area contributed by atoms with Crippen LogP contribution < -0.4 is 5.32 Å². The van der Waals surface area contributed by atoms with Crippen LogP contribution in [0.25, 0.3) is 0 Å². The van der Waals surface area contributed by atoms with Gasteiger partial charge in [-0.05, 0) is 37.8 Å². The Morgan fingerprint density at radius 3 is 2.86 bits per heavy atom. The predicted molar refractivity (Wildman–Crippen MR) is 89.4 cm³/mol. The first kappa shape index (κ1) is 19.7. The molecular formula is C16H24Cl2FNO2. The van der Waals surface area contributed by atoms with E-state index >= 15 is 0 Å². The zero-order valence-corrected chi connectivity index (χ0v) is 14.5. The summed E-state index contributed by atoms with van der Waals surface area (Å²) in [6.07, 6.45) is 0.802. The van der Waals surface area contributed by atoms with Crippen molar-refractivity contribution in [3.63, 3.8) is 0 Å². The first-order valence-electron chi connectivity index (χ1n) is 7.37. The molecule has 6 heteroatoms. The van der Waals surface area contributed by atoms with Crippen LogP contribution in [0, 0.1) is 11.7 Å². The van der Waals surface area contributed by atoms with Gasteiger partial charge in [0.25, 0.3) is 0 Å². The van der Waals surface area contributed by atoms with E-state index in [1.54, 1.807) is 19.1 Å². The summed E-state index contributed by atoms with van der Waals surface area (Å²) >= 11 is 6.06. The number of rotatable bonds is 5. The van der Waals surface area contributed by atoms with Gasteiger partial charge in [-0.3, -0.25) is 0 Å². The van der Waals surface area contributed by atoms with Crippen LogP contribution in [0.1, 0.15) is 25.8 Å². The highest BCUT2D eigenvalue weighted by Gasteiger charge is 2.35. The third-order valence-corrected chi connectivity index (χ3v) is 4.35. The highest BCUT2D eigenvalue weighted by Crippen LogP contribution is 2.28. The number of aliphatic hydroxyl groups is 1. The first-order chi connectivity index (χ1) is 9.90. The third kappa shape index (κ3) is 5.07. The largest absolute Gasteiger partial charge is 0.387 e. The number of hydrogen-bond donors (Lipinski definition) is 2. The molecule has 0 spiro atoms. The van der Waals surface area contributed by atoms with Gasteiger partial charge in [-0.1, -0.05) is 24.6 Å². The molecule has 1 aromatic rings. The fraction of sp³-hybridized carbons (Fsp3) is 0.625. The fourth-order valence-corrected chi connectivity index (χ4v) is 3.19. The van der Waals surface area contributed by atoms with E-state index in [2.05, 4.69) is 5.32 Å². The molecule has 0 radical (unpaired) electrons. The van der Waals surface area contributed by atoms with Crippen LogP contribution in [-0.4, -0.2) is 36.5 Å². The lowest BCUT2D eigenvalue weighted by Gasteiger charge is -2.37. The fourth-order valence-electron chi connectivity index (χ4n) is 2.95. The highest BCUT2D eigenvalue weighted by atomic mass is 35.5. The van der Waals surface area contributed by atoms with E-state index in [-0.39, 0.29) is 30.2 Å². The Bertz CT molecular complexity index is 459. The van der Waals surface area contributed by atoms with Gasteiger partial charge in [-0.25, -0.2) is 4.39 Å². The van der Waals surface area contributed by atoms with Crippen LogP contribution in [0.15, 0.2) is 18.2 Å². The summed E-state index contributed by atoms with van der Waals surface area (Å²) in [5, 5.41) is 14.3. The van der Waals surface area contributed by atoms with Crippen LogP contribution in [-0.2, 0) is 11.2 Å². The second-order valence-electron chi connectivity index (χ2n) is 6.13. The molecule has 3 atom stereocenters. The number of hydrogen-bond acceptors (Lipinski definition) is 3. The molecule has 3 nitrogen and oxygen atoms in total. The monoisotopic (exact) mass is 351 g/mol. The summed E-state index contributed by atoms with van der Waals surface area (Å²) in [5.74, 6) is -0.190. The lowest BCUT2D eigenvalue weighted by Crippen LogP contribution is -2.52. The number of morpholine rings is 1. The molecule has 1 aliphatic rings. The Morgan fingerprint density at radius 2 is 2.27 bits per heavy atom. The van der Waals surface area contributed by atoms with E-state index in [4.69, 9.17) is 16.3 Å². The zero-order chi connectivity index (χ0) is 15.5. The molecule has 0 aliphatic carbocycles.